The molecule has 2 saturated carbocycles. The summed E-state index contributed by atoms with van der Waals surface area (Å²) < 4.78 is 5.61. The number of ether oxygens (including phenoxy) is 1. The molecule has 4 fully saturated rings. The number of hydrogen-bond donors (Lipinski definition) is 2. The lowest BCUT2D eigenvalue weighted by molar-refractivity contribution is -0.127. The number of rotatable bonds is 4. The van der Waals surface area contributed by atoms with Gasteiger partial charge in [-0.1, -0.05) is 0 Å². The Labute approximate surface area is 124 Å². The van der Waals surface area contributed by atoms with Gasteiger partial charge in [-0.2, -0.15) is 0 Å². The van der Waals surface area contributed by atoms with Crippen molar-refractivity contribution in [3.05, 3.63) is 0 Å². The van der Waals surface area contributed by atoms with Crippen LogP contribution < -0.4 is 10.6 Å². The number of amides is 3. The van der Waals surface area contributed by atoms with Gasteiger partial charge >= 0.3 is 6.03 Å². The van der Waals surface area contributed by atoms with E-state index < -0.39 is 0 Å². The van der Waals surface area contributed by atoms with Crippen LogP contribution >= 0.6 is 0 Å². The molecular weight excluding hydrogens is 270 g/mol. The Morgan fingerprint density at radius 1 is 1.38 bits per heavy atom. The first kappa shape index (κ1) is 13.4. The first-order valence-electron chi connectivity index (χ1n) is 8.10. The van der Waals surface area contributed by atoms with Gasteiger partial charge in [0, 0.05) is 19.5 Å². The molecule has 21 heavy (non-hydrogen) atoms. The van der Waals surface area contributed by atoms with Gasteiger partial charge < -0.3 is 20.3 Å². The normalized spacial score (nSPS) is 38.1. The molecule has 0 aromatic heterocycles. The molecular formula is C15H23N3O3. The van der Waals surface area contributed by atoms with Gasteiger partial charge in [0.05, 0.1) is 24.3 Å². The van der Waals surface area contributed by atoms with Gasteiger partial charge in [-0.25, -0.2) is 4.79 Å². The van der Waals surface area contributed by atoms with E-state index in [0.29, 0.717) is 31.6 Å². The molecule has 2 bridgehead atoms. The van der Waals surface area contributed by atoms with Crippen LogP contribution in [-0.4, -0.2) is 54.2 Å². The largest absolute Gasteiger partial charge is 0.376 e. The van der Waals surface area contributed by atoms with E-state index >= 15 is 0 Å². The average molecular weight is 293 g/mol. The van der Waals surface area contributed by atoms with Crippen LogP contribution in [0.2, 0.25) is 0 Å². The first-order chi connectivity index (χ1) is 10.1. The van der Waals surface area contributed by atoms with Crippen LogP contribution in [0.25, 0.3) is 0 Å². The first-order valence-corrected chi connectivity index (χ1v) is 8.10. The zero-order valence-corrected chi connectivity index (χ0v) is 12.3. The second kappa shape index (κ2) is 4.87. The minimum Gasteiger partial charge on any atom is -0.376 e. The molecule has 0 aromatic carbocycles. The smallest absolute Gasteiger partial charge is 0.315 e. The van der Waals surface area contributed by atoms with Crippen molar-refractivity contribution in [2.45, 2.75) is 56.2 Å². The highest BCUT2D eigenvalue weighted by atomic mass is 16.5. The lowest BCUT2D eigenvalue weighted by Crippen LogP contribution is -2.54. The summed E-state index contributed by atoms with van der Waals surface area (Å²) in [4.78, 5) is 26.0. The summed E-state index contributed by atoms with van der Waals surface area (Å²) in [5.41, 5.74) is -0.162. The quantitative estimate of drug-likeness (QED) is 0.798. The van der Waals surface area contributed by atoms with E-state index in [2.05, 4.69) is 10.6 Å². The average Bonchev–Trinajstić information content (AvgIpc) is 2.89. The van der Waals surface area contributed by atoms with Crippen LogP contribution in [0.3, 0.4) is 0 Å². The molecule has 3 atom stereocenters. The van der Waals surface area contributed by atoms with Gasteiger partial charge in [0.25, 0.3) is 0 Å². The maximum Gasteiger partial charge on any atom is 0.315 e. The topological polar surface area (TPSA) is 70.7 Å². The molecule has 3 amide bonds. The number of fused-ring (bicyclic) bond motifs is 2. The Kier molecular flexibility index (Phi) is 3.10. The predicted molar refractivity (Wildman–Crippen MR) is 75.7 cm³/mol. The summed E-state index contributed by atoms with van der Waals surface area (Å²) in [6, 6.07) is -0.195. The van der Waals surface area contributed by atoms with Crippen LogP contribution in [0.4, 0.5) is 4.79 Å². The van der Waals surface area contributed by atoms with Crippen LogP contribution in [0, 0.1) is 5.92 Å². The van der Waals surface area contributed by atoms with E-state index in [1.54, 1.807) is 0 Å². The molecule has 2 aliphatic heterocycles. The van der Waals surface area contributed by atoms with Gasteiger partial charge in [0.1, 0.15) is 0 Å². The van der Waals surface area contributed by atoms with E-state index in [1.807, 2.05) is 4.90 Å². The van der Waals surface area contributed by atoms with E-state index in [1.165, 1.54) is 12.8 Å². The van der Waals surface area contributed by atoms with Crippen LogP contribution in [0.5, 0.6) is 0 Å². The number of urea groups is 1. The summed E-state index contributed by atoms with van der Waals surface area (Å²) in [6.45, 7) is 2.16. The number of nitrogens with one attached hydrogen (secondary N) is 2. The number of nitrogens with zero attached hydrogens (tertiary/aromatic N) is 1. The molecule has 116 valence electrons. The highest BCUT2D eigenvalue weighted by Gasteiger charge is 2.47. The maximum absolute atomic E-state index is 12.2. The predicted octanol–water partition coefficient (Wildman–Crippen LogP) is 0.618. The molecule has 3 unspecified atom stereocenters. The standard InChI is InChI=1S/C15H23N3O3/c19-13-5-11(8-18(13)7-10-1-2-10)16-14(20)17-15-4-3-12(6-15)21-9-15/h10-12H,1-9H2,(H2,16,17,20). The van der Waals surface area contributed by atoms with Gasteiger partial charge in [-0.15, -0.1) is 0 Å². The highest BCUT2D eigenvalue weighted by molar-refractivity contribution is 5.82. The minimum atomic E-state index is -0.162. The Morgan fingerprint density at radius 3 is 2.86 bits per heavy atom. The fraction of sp³-hybridized carbons (Fsp3) is 0.867. The van der Waals surface area contributed by atoms with Crippen molar-refractivity contribution in [1.29, 1.82) is 0 Å². The van der Waals surface area contributed by atoms with Crippen LogP contribution in [-0.2, 0) is 9.53 Å². The van der Waals surface area contributed by atoms with E-state index in [-0.39, 0.29) is 23.5 Å². The number of carbonyl (C=O) groups is 2. The van der Waals surface area contributed by atoms with Crippen molar-refractivity contribution in [3.63, 3.8) is 0 Å². The third-order valence-corrected chi connectivity index (χ3v) is 5.26. The molecule has 0 radical (unpaired) electrons. The fourth-order valence-corrected chi connectivity index (χ4v) is 3.90. The summed E-state index contributed by atoms with van der Waals surface area (Å²) in [5, 5.41) is 6.06. The number of hydrogen-bond acceptors (Lipinski definition) is 3. The molecule has 4 aliphatic rings. The van der Waals surface area contributed by atoms with Crippen molar-refractivity contribution < 1.29 is 14.3 Å². The summed E-state index contributed by atoms with van der Waals surface area (Å²) >= 11 is 0. The summed E-state index contributed by atoms with van der Waals surface area (Å²) in [6.07, 6.45) is 6.22. The van der Waals surface area contributed by atoms with Gasteiger partial charge in [-0.3, -0.25) is 4.79 Å². The Bertz CT molecular complexity index is 455. The van der Waals surface area contributed by atoms with E-state index in [9.17, 15) is 9.59 Å². The lowest BCUT2D eigenvalue weighted by Gasteiger charge is -2.27. The second-order valence-electron chi connectivity index (χ2n) is 7.20. The molecule has 2 aliphatic carbocycles. The number of likely N-dealkylation sites (tertiary alicyclic amines) is 1. The van der Waals surface area contributed by atoms with Gasteiger partial charge in [0.2, 0.25) is 5.91 Å². The van der Waals surface area contributed by atoms with E-state index in [4.69, 9.17) is 4.74 Å². The Balaban J connectivity index is 1.28. The highest BCUT2D eigenvalue weighted by Crippen LogP contribution is 2.38. The van der Waals surface area contributed by atoms with Crippen molar-refractivity contribution in [2.75, 3.05) is 19.7 Å². The molecule has 2 N–H and O–H groups in total. The summed E-state index contributed by atoms with van der Waals surface area (Å²) in [7, 11) is 0. The lowest BCUT2D eigenvalue weighted by atomic mass is 10.0. The molecule has 6 heteroatoms. The summed E-state index contributed by atoms with van der Waals surface area (Å²) in [5.74, 6) is 0.877. The van der Waals surface area contributed by atoms with Gasteiger partial charge in [0.15, 0.2) is 0 Å². The maximum atomic E-state index is 12.2. The fourth-order valence-electron chi connectivity index (χ4n) is 3.90. The van der Waals surface area contributed by atoms with Crippen LogP contribution in [0.15, 0.2) is 0 Å². The minimum absolute atomic E-state index is 0.0489. The van der Waals surface area contributed by atoms with Crippen LogP contribution in [0.1, 0.15) is 38.5 Å². The molecule has 2 heterocycles. The van der Waals surface area contributed by atoms with Gasteiger partial charge in [-0.05, 0) is 38.0 Å². The van der Waals surface area contributed by atoms with E-state index in [0.717, 1.165) is 25.8 Å². The molecule has 0 aromatic rings. The van der Waals surface area contributed by atoms with Crippen molar-refractivity contribution in [2.24, 2.45) is 5.92 Å². The second-order valence-corrected chi connectivity index (χ2v) is 7.20. The molecule has 6 nitrogen and oxygen atoms in total. The zero-order valence-electron chi connectivity index (χ0n) is 12.3. The van der Waals surface area contributed by atoms with Crippen molar-refractivity contribution in [3.8, 4) is 0 Å². The van der Waals surface area contributed by atoms with Crippen molar-refractivity contribution >= 4 is 11.9 Å². The Morgan fingerprint density at radius 2 is 2.24 bits per heavy atom. The SMILES string of the molecule is O=C(NC1CC(=O)N(CC2CC2)C1)NC12CCC(C1)OC2. The number of carbonyl (C=O) groups excluding carboxylic acids is 2. The Hall–Kier alpha value is -1.30. The van der Waals surface area contributed by atoms with Crippen molar-refractivity contribution in [1.82, 2.24) is 15.5 Å². The molecule has 0 spiro atoms. The monoisotopic (exact) mass is 293 g/mol. The zero-order chi connectivity index (χ0) is 14.4. The third-order valence-electron chi connectivity index (χ3n) is 5.26. The third kappa shape index (κ3) is 2.73. The molecule has 2 saturated heterocycles. The molecule has 4 rings (SSSR count).